The quantitative estimate of drug-likeness (QED) is 0.571. The van der Waals surface area contributed by atoms with Crippen LogP contribution in [-0.2, 0) is 0 Å². The van der Waals surface area contributed by atoms with E-state index in [1.165, 1.54) is 12.3 Å². The van der Waals surface area contributed by atoms with Gasteiger partial charge >= 0.3 is 12.0 Å². The number of aromatic carboxylic acids is 1. The number of hydrogen-bond donors (Lipinski definition) is 2. The van der Waals surface area contributed by atoms with Crippen molar-refractivity contribution in [2.75, 3.05) is 0 Å². The van der Waals surface area contributed by atoms with Crippen molar-refractivity contribution in [2.45, 2.75) is 0 Å². The Labute approximate surface area is 61.2 Å². The van der Waals surface area contributed by atoms with Crippen LogP contribution in [0.3, 0.4) is 0 Å². The summed E-state index contributed by atoms with van der Waals surface area (Å²) in [7, 11) is 0. The van der Waals surface area contributed by atoms with Gasteiger partial charge in [-0.1, -0.05) is 0 Å². The number of hydrogen-bond acceptors (Lipinski definition) is 3. The van der Waals surface area contributed by atoms with E-state index in [0.29, 0.717) is 0 Å². The number of primary amides is 1. The second kappa shape index (κ2) is 2.41. The molecule has 0 aliphatic heterocycles. The van der Waals surface area contributed by atoms with Gasteiger partial charge in [-0.15, -0.1) is 0 Å². The molecule has 0 fully saturated rings. The molecule has 1 aromatic rings. The van der Waals surface area contributed by atoms with E-state index in [1.807, 2.05) is 0 Å². The van der Waals surface area contributed by atoms with E-state index in [1.54, 1.807) is 0 Å². The number of carboxylic acid groups (broad SMARTS) is 1. The van der Waals surface area contributed by atoms with E-state index in [0.717, 1.165) is 4.68 Å². The lowest BCUT2D eigenvalue weighted by Gasteiger charge is -1.88. The second-order valence-electron chi connectivity index (χ2n) is 1.79. The molecule has 0 aliphatic carbocycles. The Hall–Kier alpha value is -1.85. The largest absolute Gasteiger partial charge is 0.476 e. The summed E-state index contributed by atoms with van der Waals surface area (Å²) in [5.41, 5.74) is 4.59. The molecular formula is C5H5N3O3. The molecule has 11 heavy (non-hydrogen) atoms. The second-order valence-corrected chi connectivity index (χ2v) is 1.79. The Balaban J connectivity index is 2.99. The fraction of sp³-hybridized carbons (Fsp3) is 0. The molecule has 0 saturated carbocycles. The van der Waals surface area contributed by atoms with Crippen molar-refractivity contribution in [3.05, 3.63) is 18.0 Å². The van der Waals surface area contributed by atoms with E-state index in [2.05, 4.69) is 5.10 Å². The molecule has 58 valence electrons. The molecule has 0 unspecified atom stereocenters. The lowest BCUT2D eigenvalue weighted by atomic mass is 10.5. The maximum absolute atomic E-state index is 10.4. The standard InChI is InChI=1S/C5H5N3O3/c6-5(11)8-2-1-3(7-8)4(9)10/h1-2H,(H2,6,11)(H,9,10). The molecule has 1 aromatic heterocycles. The van der Waals surface area contributed by atoms with Gasteiger partial charge in [0.05, 0.1) is 0 Å². The Bertz CT molecular complexity index is 275. The predicted octanol–water partition coefficient (Wildman–Crippen LogP) is -0.492. The summed E-state index contributed by atoms with van der Waals surface area (Å²) in [5, 5.41) is 11.7. The molecular weight excluding hydrogens is 150 g/mol. The van der Waals surface area contributed by atoms with Crippen LogP contribution in [0.4, 0.5) is 4.79 Å². The third-order valence-electron chi connectivity index (χ3n) is 1.03. The van der Waals surface area contributed by atoms with Crippen LogP contribution in [-0.4, -0.2) is 26.9 Å². The number of rotatable bonds is 1. The van der Waals surface area contributed by atoms with E-state index >= 15 is 0 Å². The molecule has 6 heteroatoms. The molecule has 0 saturated heterocycles. The Morgan fingerprint density at radius 1 is 1.64 bits per heavy atom. The molecule has 1 amide bonds. The zero-order valence-corrected chi connectivity index (χ0v) is 5.39. The van der Waals surface area contributed by atoms with Crippen LogP contribution in [0.15, 0.2) is 12.3 Å². The van der Waals surface area contributed by atoms with Gasteiger partial charge in [0.15, 0.2) is 5.69 Å². The predicted molar refractivity (Wildman–Crippen MR) is 34.2 cm³/mol. The van der Waals surface area contributed by atoms with E-state index in [4.69, 9.17) is 10.8 Å². The first-order valence-corrected chi connectivity index (χ1v) is 2.70. The van der Waals surface area contributed by atoms with Gasteiger partial charge in [0, 0.05) is 6.20 Å². The lowest BCUT2D eigenvalue weighted by Crippen LogP contribution is -2.20. The third-order valence-corrected chi connectivity index (χ3v) is 1.03. The van der Waals surface area contributed by atoms with Crippen LogP contribution in [0.25, 0.3) is 0 Å². The van der Waals surface area contributed by atoms with Crippen molar-refractivity contribution in [2.24, 2.45) is 5.73 Å². The van der Waals surface area contributed by atoms with Gasteiger partial charge in [0.25, 0.3) is 0 Å². The molecule has 1 rings (SSSR count). The topological polar surface area (TPSA) is 98.2 Å². The summed E-state index contributed by atoms with van der Waals surface area (Å²) in [6.07, 6.45) is 1.19. The first-order valence-electron chi connectivity index (χ1n) is 2.70. The summed E-state index contributed by atoms with van der Waals surface area (Å²) in [5.74, 6) is -1.19. The molecule has 0 radical (unpaired) electrons. The van der Waals surface area contributed by atoms with Crippen molar-refractivity contribution in [1.82, 2.24) is 9.78 Å². The van der Waals surface area contributed by atoms with Gasteiger partial charge < -0.3 is 10.8 Å². The number of nitrogens with two attached hydrogens (primary N) is 1. The smallest absolute Gasteiger partial charge is 0.356 e. The highest BCUT2D eigenvalue weighted by molar-refractivity contribution is 5.86. The van der Waals surface area contributed by atoms with Crippen LogP contribution in [0.1, 0.15) is 10.5 Å². The number of carbonyl (C=O) groups excluding carboxylic acids is 1. The maximum atomic E-state index is 10.4. The molecule has 0 atom stereocenters. The minimum atomic E-state index is -1.19. The molecule has 3 N–H and O–H groups in total. The average Bonchev–Trinajstić information content (AvgIpc) is 2.33. The van der Waals surface area contributed by atoms with Crippen LogP contribution < -0.4 is 5.73 Å². The summed E-state index contributed by atoms with van der Waals surface area (Å²) in [4.78, 5) is 20.6. The highest BCUT2D eigenvalue weighted by atomic mass is 16.4. The van der Waals surface area contributed by atoms with Crippen LogP contribution in [0.5, 0.6) is 0 Å². The highest BCUT2D eigenvalue weighted by Gasteiger charge is 2.07. The SMILES string of the molecule is NC(=O)n1ccc(C(=O)O)n1. The van der Waals surface area contributed by atoms with Crippen molar-refractivity contribution in [1.29, 1.82) is 0 Å². The van der Waals surface area contributed by atoms with E-state index in [9.17, 15) is 9.59 Å². The monoisotopic (exact) mass is 155 g/mol. The molecule has 0 spiro atoms. The minimum Gasteiger partial charge on any atom is -0.476 e. The van der Waals surface area contributed by atoms with Gasteiger partial charge in [-0.3, -0.25) is 0 Å². The van der Waals surface area contributed by atoms with Crippen molar-refractivity contribution < 1.29 is 14.7 Å². The Morgan fingerprint density at radius 2 is 2.27 bits per heavy atom. The third kappa shape index (κ3) is 1.34. The first kappa shape index (κ1) is 7.26. The highest BCUT2D eigenvalue weighted by Crippen LogP contribution is 1.93. The van der Waals surface area contributed by atoms with E-state index < -0.39 is 12.0 Å². The van der Waals surface area contributed by atoms with Gasteiger partial charge in [-0.05, 0) is 6.07 Å². The summed E-state index contributed by atoms with van der Waals surface area (Å²) < 4.78 is 0.753. The Morgan fingerprint density at radius 3 is 2.55 bits per heavy atom. The maximum Gasteiger partial charge on any atom is 0.356 e. The summed E-state index contributed by atoms with van der Waals surface area (Å²) in [6.45, 7) is 0. The molecule has 6 nitrogen and oxygen atoms in total. The number of carboxylic acids is 1. The zero-order chi connectivity index (χ0) is 8.43. The minimum absolute atomic E-state index is 0.205. The molecule has 0 aromatic carbocycles. The lowest BCUT2D eigenvalue weighted by molar-refractivity contribution is 0.0690. The van der Waals surface area contributed by atoms with Crippen molar-refractivity contribution in [3.63, 3.8) is 0 Å². The van der Waals surface area contributed by atoms with Gasteiger partial charge in [0.1, 0.15) is 0 Å². The molecule has 0 bridgehead atoms. The van der Waals surface area contributed by atoms with Gasteiger partial charge in [0.2, 0.25) is 0 Å². The summed E-state index contributed by atoms with van der Waals surface area (Å²) >= 11 is 0. The summed E-state index contributed by atoms with van der Waals surface area (Å²) in [6, 6.07) is 0.380. The van der Waals surface area contributed by atoms with Crippen LogP contribution >= 0.6 is 0 Å². The van der Waals surface area contributed by atoms with E-state index in [-0.39, 0.29) is 5.69 Å². The van der Waals surface area contributed by atoms with Crippen LogP contribution in [0, 0.1) is 0 Å². The first-order chi connectivity index (χ1) is 5.11. The molecule has 1 heterocycles. The number of nitrogens with zero attached hydrogens (tertiary/aromatic N) is 2. The fourth-order valence-corrected chi connectivity index (χ4v) is 0.561. The molecule has 0 aliphatic rings. The number of aromatic nitrogens is 2. The normalized spacial score (nSPS) is 9.45. The van der Waals surface area contributed by atoms with Crippen LogP contribution in [0.2, 0.25) is 0 Å². The van der Waals surface area contributed by atoms with Crippen molar-refractivity contribution >= 4 is 12.0 Å². The average molecular weight is 155 g/mol. The number of amides is 1. The van der Waals surface area contributed by atoms with Crippen molar-refractivity contribution in [3.8, 4) is 0 Å². The zero-order valence-electron chi connectivity index (χ0n) is 5.39. The number of carbonyl (C=O) groups is 2. The fourth-order valence-electron chi connectivity index (χ4n) is 0.561. The van der Waals surface area contributed by atoms with Gasteiger partial charge in [-0.25, -0.2) is 9.59 Å². The van der Waals surface area contributed by atoms with Gasteiger partial charge in [-0.2, -0.15) is 9.78 Å². The Kier molecular flexibility index (Phi) is 1.59.